The Balaban J connectivity index is 1.47. The Labute approximate surface area is 204 Å². The maximum absolute atomic E-state index is 13.2. The van der Waals surface area contributed by atoms with Gasteiger partial charge in [0.25, 0.3) is 0 Å². The minimum atomic E-state index is -1.03. The smallest absolute Gasteiger partial charge is 0.323 e. The van der Waals surface area contributed by atoms with Gasteiger partial charge in [0.2, 0.25) is 0 Å². The fourth-order valence-corrected chi connectivity index (χ4v) is 4.66. The topological polar surface area (TPSA) is 105 Å². The Hall–Kier alpha value is -3.97. The van der Waals surface area contributed by atoms with Gasteiger partial charge in [0, 0.05) is 24.0 Å². The molecule has 0 bridgehead atoms. The molecule has 1 aliphatic rings. The predicted molar refractivity (Wildman–Crippen MR) is 135 cm³/mol. The Morgan fingerprint density at radius 2 is 1.69 bits per heavy atom. The van der Waals surface area contributed by atoms with Crippen molar-refractivity contribution in [1.29, 1.82) is 0 Å². The summed E-state index contributed by atoms with van der Waals surface area (Å²) < 4.78 is 5.22. The largest absolute Gasteiger partial charge is 0.481 e. The van der Waals surface area contributed by atoms with Gasteiger partial charge in [-0.05, 0) is 66.3 Å². The number of fused-ring (bicyclic) bond motifs is 1. The zero-order valence-electron chi connectivity index (χ0n) is 19.8. The summed E-state index contributed by atoms with van der Waals surface area (Å²) in [5, 5.41) is 15.0. The average molecular weight is 473 g/mol. The van der Waals surface area contributed by atoms with Gasteiger partial charge in [-0.25, -0.2) is 4.79 Å². The summed E-state index contributed by atoms with van der Waals surface area (Å²) in [5.74, 6) is -1.18. The van der Waals surface area contributed by atoms with Crippen molar-refractivity contribution in [2.75, 3.05) is 24.4 Å². The number of carbonyl (C=O) groups excluding carboxylic acids is 2. The number of benzene rings is 3. The summed E-state index contributed by atoms with van der Waals surface area (Å²) >= 11 is 0. The molecule has 0 aromatic heterocycles. The fourth-order valence-electron chi connectivity index (χ4n) is 4.66. The number of anilines is 2. The zero-order valence-corrected chi connectivity index (χ0v) is 19.8. The first-order valence-electron chi connectivity index (χ1n) is 11.4. The molecule has 4 rings (SSSR count). The minimum Gasteiger partial charge on any atom is -0.481 e. The van der Waals surface area contributed by atoms with Crippen molar-refractivity contribution in [2.24, 2.45) is 5.41 Å². The number of rotatable bonds is 7. The SMILES string of the molecule is COCC1(CC(=O)O)CCc2cc(-c3ccc(NC(=O)Nc4cccc(C)c4)cc3)ccc2C1=O. The number of ketones is 1. The van der Waals surface area contributed by atoms with E-state index in [-0.39, 0.29) is 24.8 Å². The Bertz CT molecular complexity index is 1270. The molecule has 0 radical (unpaired) electrons. The fraction of sp³-hybridized carbons (Fsp3) is 0.250. The highest BCUT2D eigenvalue weighted by molar-refractivity contribution is 6.05. The number of hydrogen-bond donors (Lipinski definition) is 3. The van der Waals surface area contributed by atoms with Crippen LogP contribution >= 0.6 is 0 Å². The lowest BCUT2D eigenvalue weighted by atomic mass is 9.68. The minimum absolute atomic E-state index is 0.0885. The third-order valence-electron chi connectivity index (χ3n) is 6.37. The molecule has 0 saturated heterocycles. The van der Waals surface area contributed by atoms with Crippen LogP contribution in [-0.4, -0.2) is 36.6 Å². The van der Waals surface area contributed by atoms with Gasteiger partial charge in [-0.2, -0.15) is 0 Å². The van der Waals surface area contributed by atoms with Gasteiger partial charge in [-0.3, -0.25) is 9.59 Å². The Kier molecular flexibility index (Phi) is 6.98. The molecule has 7 nitrogen and oxygen atoms in total. The first-order valence-corrected chi connectivity index (χ1v) is 11.4. The van der Waals surface area contributed by atoms with Crippen LogP contribution in [0.1, 0.15) is 34.3 Å². The van der Waals surface area contributed by atoms with Gasteiger partial charge in [-0.1, -0.05) is 42.5 Å². The molecule has 180 valence electrons. The van der Waals surface area contributed by atoms with Crippen LogP contribution in [0, 0.1) is 12.3 Å². The first kappa shape index (κ1) is 24.2. The summed E-state index contributed by atoms with van der Waals surface area (Å²) in [6.45, 7) is 2.05. The molecule has 3 aromatic carbocycles. The number of urea groups is 1. The van der Waals surface area contributed by atoms with Gasteiger partial charge in [0.15, 0.2) is 5.78 Å². The summed E-state index contributed by atoms with van der Waals surface area (Å²) in [7, 11) is 1.49. The number of methoxy groups -OCH3 is 1. The van der Waals surface area contributed by atoms with E-state index in [9.17, 15) is 19.5 Å². The van der Waals surface area contributed by atoms with Crippen LogP contribution < -0.4 is 10.6 Å². The van der Waals surface area contributed by atoms with E-state index in [1.54, 1.807) is 6.07 Å². The number of amides is 2. The molecule has 0 heterocycles. The Morgan fingerprint density at radius 3 is 2.37 bits per heavy atom. The second kappa shape index (κ2) is 10.1. The molecule has 35 heavy (non-hydrogen) atoms. The van der Waals surface area contributed by atoms with Crippen LogP contribution in [0.5, 0.6) is 0 Å². The lowest BCUT2D eigenvalue weighted by Gasteiger charge is -2.35. The van der Waals surface area contributed by atoms with Crippen LogP contribution in [0.15, 0.2) is 66.7 Å². The van der Waals surface area contributed by atoms with E-state index >= 15 is 0 Å². The number of hydrogen-bond acceptors (Lipinski definition) is 4. The molecule has 7 heteroatoms. The monoisotopic (exact) mass is 472 g/mol. The van der Waals surface area contributed by atoms with Crippen molar-refractivity contribution >= 4 is 29.2 Å². The zero-order chi connectivity index (χ0) is 25.0. The van der Waals surface area contributed by atoms with Gasteiger partial charge >= 0.3 is 12.0 Å². The van der Waals surface area contributed by atoms with E-state index in [2.05, 4.69) is 10.6 Å². The number of Topliss-reactive ketones (excluding diaryl/α,β-unsaturated/α-hetero) is 1. The summed E-state index contributed by atoms with van der Waals surface area (Å²) in [4.78, 5) is 36.9. The Morgan fingerprint density at radius 1 is 0.971 bits per heavy atom. The number of carboxylic acids is 1. The lowest BCUT2D eigenvalue weighted by Crippen LogP contribution is -2.41. The quantitative estimate of drug-likeness (QED) is 0.419. The molecule has 3 N–H and O–H groups in total. The molecule has 1 atom stereocenters. The highest BCUT2D eigenvalue weighted by Crippen LogP contribution is 2.40. The number of carboxylic acid groups (broad SMARTS) is 1. The maximum Gasteiger partial charge on any atom is 0.323 e. The predicted octanol–water partition coefficient (Wildman–Crippen LogP) is 5.54. The average Bonchev–Trinajstić information content (AvgIpc) is 2.81. The highest BCUT2D eigenvalue weighted by Gasteiger charge is 2.44. The molecule has 0 spiro atoms. The van der Waals surface area contributed by atoms with Crippen LogP contribution in [0.3, 0.4) is 0 Å². The summed E-state index contributed by atoms with van der Waals surface area (Å²) in [6, 6.07) is 20.4. The summed E-state index contributed by atoms with van der Waals surface area (Å²) in [6.07, 6.45) is 0.790. The van der Waals surface area contributed by atoms with Gasteiger partial charge < -0.3 is 20.5 Å². The molecule has 1 aliphatic carbocycles. The van der Waals surface area contributed by atoms with E-state index in [1.165, 1.54) is 7.11 Å². The van der Waals surface area contributed by atoms with Crippen molar-refractivity contribution in [1.82, 2.24) is 0 Å². The first-order chi connectivity index (χ1) is 16.8. The van der Waals surface area contributed by atoms with E-state index in [0.29, 0.717) is 24.1 Å². The summed E-state index contributed by atoms with van der Waals surface area (Å²) in [5.41, 5.74) is 4.78. The molecule has 0 saturated carbocycles. The second-order valence-corrected chi connectivity index (χ2v) is 9.01. The standard InChI is InChI=1S/C28H28N2O5/c1-18-4-3-5-23(14-18)30-27(34)29-22-9-6-19(7-10-22)20-8-11-24-21(15-20)12-13-28(17-35-2,26(24)33)16-25(31)32/h3-11,14-15H,12-13,16-17H2,1-2H3,(H,31,32)(H2,29,30,34). The van der Waals surface area contributed by atoms with Crippen LogP contribution in [0.2, 0.25) is 0 Å². The maximum atomic E-state index is 13.2. The molecular weight excluding hydrogens is 444 g/mol. The number of carbonyl (C=O) groups is 3. The van der Waals surface area contributed by atoms with Crippen molar-refractivity contribution in [3.05, 3.63) is 83.4 Å². The van der Waals surface area contributed by atoms with Gasteiger partial charge in [0.1, 0.15) is 0 Å². The molecule has 3 aromatic rings. The lowest BCUT2D eigenvalue weighted by molar-refractivity contribution is -0.140. The number of nitrogens with one attached hydrogen (secondary N) is 2. The van der Waals surface area contributed by atoms with Crippen LogP contribution in [-0.2, 0) is 16.0 Å². The van der Waals surface area contributed by atoms with Crippen molar-refractivity contribution in [3.8, 4) is 11.1 Å². The van der Waals surface area contributed by atoms with E-state index in [0.717, 1.165) is 27.9 Å². The molecule has 1 unspecified atom stereocenters. The highest BCUT2D eigenvalue weighted by atomic mass is 16.5. The van der Waals surface area contributed by atoms with Crippen LogP contribution in [0.4, 0.5) is 16.2 Å². The molecule has 2 amide bonds. The number of aryl methyl sites for hydroxylation is 2. The second-order valence-electron chi connectivity index (χ2n) is 9.01. The van der Waals surface area contributed by atoms with Crippen molar-refractivity contribution < 1.29 is 24.2 Å². The molecular formula is C28H28N2O5. The third-order valence-corrected chi connectivity index (χ3v) is 6.37. The van der Waals surface area contributed by atoms with E-state index in [4.69, 9.17) is 4.74 Å². The third kappa shape index (κ3) is 5.41. The van der Waals surface area contributed by atoms with Gasteiger partial charge in [0.05, 0.1) is 18.4 Å². The van der Waals surface area contributed by atoms with Gasteiger partial charge in [-0.15, -0.1) is 0 Å². The van der Waals surface area contributed by atoms with Crippen LogP contribution in [0.25, 0.3) is 11.1 Å². The molecule has 0 aliphatic heterocycles. The number of ether oxygens (including phenoxy) is 1. The normalized spacial score (nSPS) is 16.9. The molecule has 0 fully saturated rings. The number of aliphatic carboxylic acids is 1. The van der Waals surface area contributed by atoms with Crippen molar-refractivity contribution in [3.63, 3.8) is 0 Å². The van der Waals surface area contributed by atoms with E-state index < -0.39 is 11.4 Å². The van der Waals surface area contributed by atoms with E-state index in [1.807, 2.05) is 67.6 Å². The van der Waals surface area contributed by atoms with Crippen molar-refractivity contribution in [2.45, 2.75) is 26.2 Å².